The van der Waals surface area contributed by atoms with Crippen LogP contribution in [0, 0.1) is 0 Å². The highest BCUT2D eigenvalue weighted by Crippen LogP contribution is 2.35. The van der Waals surface area contributed by atoms with E-state index in [0.29, 0.717) is 12.0 Å². The average Bonchev–Trinajstić information content (AvgIpc) is 3.34. The first-order valence-corrected chi connectivity index (χ1v) is 10.4. The topological polar surface area (TPSA) is 73.5 Å². The van der Waals surface area contributed by atoms with Gasteiger partial charge >= 0.3 is 0 Å². The van der Waals surface area contributed by atoms with Crippen molar-refractivity contribution in [2.24, 2.45) is 7.05 Å². The van der Waals surface area contributed by atoms with E-state index in [2.05, 4.69) is 53.5 Å². The quantitative estimate of drug-likeness (QED) is 0.547. The first-order chi connectivity index (χ1) is 14.6. The maximum absolute atomic E-state index is 4.89. The van der Waals surface area contributed by atoms with Crippen molar-refractivity contribution in [3.63, 3.8) is 0 Å². The molecule has 7 heteroatoms. The van der Waals surface area contributed by atoms with Gasteiger partial charge in [-0.3, -0.25) is 9.36 Å². The molecule has 3 heterocycles. The first kappa shape index (κ1) is 18.5. The van der Waals surface area contributed by atoms with Crippen molar-refractivity contribution in [1.82, 2.24) is 29.5 Å². The Morgan fingerprint density at radius 3 is 2.67 bits per heavy atom. The van der Waals surface area contributed by atoms with Crippen LogP contribution in [0.15, 0.2) is 48.8 Å². The first-order valence-electron chi connectivity index (χ1n) is 10.4. The van der Waals surface area contributed by atoms with Crippen LogP contribution in [0.3, 0.4) is 0 Å². The highest BCUT2D eigenvalue weighted by molar-refractivity contribution is 5.72. The third-order valence-corrected chi connectivity index (χ3v) is 5.56. The SMILES string of the molecule is CC(C)n1ccc(Nc2ncc3c(n2)-c2c(nn(C)c2Cc2ccccc2)CC3)n1. The van der Waals surface area contributed by atoms with Gasteiger partial charge in [-0.15, -0.1) is 0 Å². The highest BCUT2D eigenvalue weighted by Gasteiger charge is 2.26. The molecule has 30 heavy (non-hydrogen) atoms. The van der Waals surface area contributed by atoms with Crippen LogP contribution in [0.2, 0.25) is 0 Å². The Morgan fingerprint density at radius 2 is 1.90 bits per heavy atom. The van der Waals surface area contributed by atoms with Gasteiger partial charge in [0.25, 0.3) is 0 Å². The second-order valence-corrected chi connectivity index (χ2v) is 8.02. The fourth-order valence-corrected chi connectivity index (χ4v) is 3.99. The molecule has 1 aromatic carbocycles. The number of fused-ring (bicyclic) bond motifs is 3. The predicted octanol–water partition coefficient (Wildman–Crippen LogP) is 4.09. The van der Waals surface area contributed by atoms with E-state index < -0.39 is 0 Å². The molecule has 0 bridgehead atoms. The Labute approximate surface area is 175 Å². The van der Waals surface area contributed by atoms with E-state index in [1.54, 1.807) is 0 Å². The Kier molecular flexibility index (Phi) is 4.58. The minimum atomic E-state index is 0.309. The van der Waals surface area contributed by atoms with Gasteiger partial charge in [-0.05, 0) is 37.8 Å². The molecule has 3 aromatic heterocycles. The summed E-state index contributed by atoms with van der Waals surface area (Å²) in [5.41, 5.74) is 6.87. The molecule has 0 unspecified atom stereocenters. The molecule has 1 aliphatic rings. The second-order valence-electron chi connectivity index (χ2n) is 8.02. The lowest BCUT2D eigenvalue weighted by Gasteiger charge is -2.16. The summed E-state index contributed by atoms with van der Waals surface area (Å²) >= 11 is 0. The predicted molar refractivity (Wildman–Crippen MR) is 117 cm³/mol. The number of anilines is 2. The number of aromatic nitrogens is 6. The Balaban J connectivity index is 1.52. The molecule has 0 spiro atoms. The van der Waals surface area contributed by atoms with Crippen molar-refractivity contribution >= 4 is 11.8 Å². The van der Waals surface area contributed by atoms with Crippen molar-refractivity contribution in [3.8, 4) is 11.3 Å². The van der Waals surface area contributed by atoms with Crippen molar-refractivity contribution in [2.75, 3.05) is 5.32 Å². The van der Waals surface area contributed by atoms with Crippen molar-refractivity contribution < 1.29 is 0 Å². The Bertz CT molecular complexity index is 1190. The standard InChI is InChI=1S/C23H25N7/c1-15(2)30-12-11-20(28-30)25-23-24-14-17-9-10-18-21(22(17)26-23)19(29(3)27-18)13-16-7-5-4-6-8-16/h4-8,11-12,14-15H,9-10,13H2,1-3H3,(H,24,25,26,28). The molecule has 7 nitrogen and oxygen atoms in total. The van der Waals surface area contributed by atoms with E-state index >= 15 is 0 Å². The number of benzene rings is 1. The van der Waals surface area contributed by atoms with Crippen molar-refractivity contribution in [1.29, 1.82) is 0 Å². The average molecular weight is 400 g/mol. The van der Waals surface area contributed by atoms with Gasteiger partial charge in [0, 0.05) is 43.5 Å². The normalized spacial score (nSPS) is 12.7. The molecule has 152 valence electrons. The van der Waals surface area contributed by atoms with Crippen LogP contribution >= 0.6 is 0 Å². The van der Waals surface area contributed by atoms with E-state index in [1.165, 1.54) is 16.8 Å². The zero-order valence-corrected chi connectivity index (χ0v) is 17.5. The van der Waals surface area contributed by atoms with E-state index in [9.17, 15) is 0 Å². The number of nitrogens with zero attached hydrogens (tertiary/aromatic N) is 6. The van der Waals surface area contributed by atoms with Gasteiger partial charge in [-0.25, -0.2) is 9.97 Å². The van der Waals surface area contributed by atoms with E-state index in [0.717, 1.165) is 42.0 Å². The van der Waals surface area contributed by atoms with Crippen LogP contribution in [0.25, 0.3) is 11.3 Å². The Morgan fingerprint density at radius 1 is 1.07 bits per heavy atom. The molecule has 0 radical (unpaired) electrons. The summed E-state index contributed by atoms with van der Waals surface area (Å²) in [6, 6.07) is 12.8. The highest BCUT2D eigenvalue weighted by atomic mass is 15.3. The number of rotatable bonds is 5. The van der Waals surface area contributed by atoms with E-state index in [-0.39, 0.29) is 0 Å². The van der Waals surface area contributed by atoms with E-state index in [1.807, 2.05) is 40.9 Å². The number of aryl methyl sites for hydroxylation is 3. The van der Waals surface area contributed by atoms with Crippen LogP contribution in [-0.2, 0) is 26.3 Å². The summed E-state index contributed by atoms with van der Waals surface area (Å²) in [5.74, 6) is 1.31. The second kappa shape index (κ2) is 7.40. The third-order valence-electron chi connectivity index (χ3n) is 5.56. The zero-order valence-electron chi connectivity index (χ0n) is 17.5. The van der Waals surface area contributed by atoms with Crippen molar-refractivity contribution in [2.45, 2.75) is 39.2 Å². The van der Waals surface area contributed by atoms with Gasteiger partial charge in [0.05, 0.1) is 17.1 Å². The fraction of sp³-hybridized carbons (Fsp3) is 0.304. The molecule has 0 amide bonds. The summed E-state index contributed by atoms with van der Waals surface area (Å²) in [6.45, 7) is 4.20. The molecule has 0 saturated carbocycles. The summed E-state index contributed by atoms with van der Waals surface area (Å²) in [5, 5.41) is 12.6. The lowest BCUT2D eigenvalue weighted by atomic mass is 9.91. The molecule has 1 aliphatic carbocycles. The molecule has 0 fully saturated rings. The molecule has 5 rings (SSSR count). The Hall–Kier alpha value is -3.48. The van der Waals surface area contributed by atoms with Crippen LogP contribution in [0.1, 0.15) is 42.4 Å². The summed E-state index contributed by atoms with van der Waals surface area (Å²) in [4.78, 5) is 9.43. The van der Waals surface area contributed by atoms with Crippen LogP contribution in [0.5, 0.6) is 0 Å². The van der Waals surface area contributed by atoms with Gasteiger partial charge in [-0.1, -0.05) is 30.3 Å². The lowest BCUT2D eigenvalue weighted by Crippen LogP contribution is -2.09. The van der Waals surface area contributed by atoms with Gasteiger partial charge in [0.2, 0.25) is 5.95 Å². The molecule has 0 aliphatic heterocycles. The molecular formula is C23H25N7. The fourth-order valence-electron chi connectivity index (χ4n) is 3.99. The van der Waals surface area contributed by atoms with Gasteiger partial charge < -0.3 is 5.32 Å². The summed E-state index contributed by atoms with van der Waals surface area (Å²) in [7, 11) is 2.02. The summed E-state index contributed by atoms with van der Waals surface area (Å²) < 4.78 is 3.92. The summed E-state index contributed by atoms with van der Waals surface area (Å²) in [6.07, 6.45) is 6.55. The smallest absolute Gasteiger partial charge is 0.228 e. The van der Waals surface area contributed by atoms with Crippen LogP contribution in [-0.4, -0.2) is 29.5 Å². The van der Waals surface area contributed by atoms with E-state index in [4.69, 9.17) is 10.1 Å². The van der Waals surface area contributed by atoms with Crippen LogP contribution < -0.4 is 5.32 Å². The maximum atomic E-state index is 4.89. The van der Waals surface area contributed by atoms with Crippen LogP contribution in [0.4, 0.5) is 11.8 Å². The number of hydrogen-bond donors (Lipinski definition) is 1. The van der Waals surface area contributed by atoms with Gasteiger partial charge in [0.15, 0.2) is 5.82 Å². The van der Waals surface area contributed by atoms with Crippen molar-refractivity contribution in [3.05, 3.63) is 71.3 Å². The molecule has 1 N–H and O–H groups in total. The minimum Gasteiger partial charge on any atom is -0.307 e. The number of hydrogen-bond acceptors (Lipinski definition) is 5. The molecule has 0 atom stereocenters. The molecule has 4 aromatic rings. The largest absolute Gasteiger partial charge is 0.307 e. The maximum Gasteiger partial charge on any atom is 0.228 e. The molecule has 0 saturated heterocycles. The van der Waals surface area contributed by atoms with Gasteiger partial charge in [-0.2, -0.15) is 10.2 Å². The minimum absolute atomic E-state index is 0.309. The number of nitrogens with one attached hydrogen (secondary N) is 1. The van der Waals surface area contributed by atoms with Gasteiger partial charge in [0.1, 0.15) is 0 Å². The monoisotopic (exact) mass is 399 g/mol. The zero-order chi connectivity index (χ0) is 20.7. The molecular weight excluding hydrogens is 374 g/mol. The third kappa shape index (κ3) is 3.36. The lowest BCUT2D eigenvalue weighted by molar-refractivity contribution is 0.534.